The molecule has 0 saturated heterocycles. The van der Waals surface area contributed by atoms with Crippen molar-refractivity contribution in [3.8, 4) is 0 Å². The summed E-state index contributed by atoms with van der Waals surface area (Å²) in [5.41, 5.74) is 2.87. The highest BCUT2D eigenvalue weighted by Gasteiger charge is 2.42. The molecule has 7 nitrogen and oxygen atoms in total. The number of nitrogens with zero attached hydrogens (tertiary/aromatic N) is 1. The summed E-state index contributed by atoms with van der Waals surface area (Å²) < 4.78 is 5.51. The molecule has 1 aliphatic carbocycles. The second-order valence-corrected chi connectivity index (χ2v) is 13.1. The third-order valence-electron chi connectivity index (χ3n) is 7.71. The maximum atomic E-state index is 14.4. The first-order valence-electron chi connectivity index (χ1n) is 14.6. The molecule has 3 aromatic carbocycles. The molecule has 1 aliphatic rings. The lowest BCUT2D eigenvalue weighted by Gasteiger charge is -2.43. The number of carbonyl (C=O) groups is 3. The van der Waals surface area contributed by atoms with Crippen LogP contribution in [0.25, 0.3) is 10.8 Å². The fraction of sp³-hybridized carbons (Fsp3) is 0.441. The molecule has 2 N–H and O–H groups in total. The Morgan fingerprint density at radius 1 is 0.976 bits per heavy atom. The number of hydrogen-bond acceptors (Lipinski definition) is 5. The lowest BCUT2D eigenvalue weighted by atomic mass is 9.87. The van der Waals surface area contributed by atoms with Crippen molar-refractivity contribution >= 4 is 46.1 Å². The lowest BCUT2D eigenvalue weighted by Crippen LogP contribution is -2.57. The Hall–Kier alpha value is -3.52. The predicted molar refractivity (Wildman–Crippen MR) is 172 cm³/mol. The van der Waals surface area contributed by atoms with Crippen molar-refractivity contribution in [2.45, 2.75) is 84.0 Å². The number of fused-ring (bicyclic) bond motifs is 1. The van der Waals surface area contributed by atoms with Crippen LogP contribution in [-0.4, -0.2) is 52.5 Å². The van der Waals surface area contributed by atoms with Gasteiger partial charge in [0.25, 0.3) is 5.91 Å². The molecule has 4 rings (SSSR count). The van der Waals surface area contributed by atoms with Gasteiger partial charge in [-0.1, -0.05) is 48.5 Å². The summed E-state index contributed by atoms with van der Waals surface area (Å²) in [6, 6.07) is 17.9. The molecule has 3 amide bonds. The summed E-state index contributed by atoms with van der Waals surface area (Å²) in [5.74, 6) is 0.119. The van der Waals surface area contributed by atoms with Gasteiger partial charge in [0, 0.05) is 11.7 Å². The van der Waals surface area contributed by atoms with Gasteiger partial charge >= 0.3 is 6.09 Å². The first-order valence-corrected chi connectivity index (χ1v) is 16.0. The molecule has 0 spiro atoms. The molecule has 0 aliphatic heterocycles. The number of ether oxygens (including phenoxy) is 1. The molecule has 1 saturated carbocycles. The quantitative estimate of drug-likeness (QED) is 0.262. The van der Waals surface area contributed by atoms with Crippen LogP contribution < -0.4 is 10.6 Å². The van der Waals surface area contributed by atoms with Crippen LogP contribution >= 0.6 is 11.8 Å². The Morgan fingerprint density at radius 2 is 1.69 bits per heavy atom. The van der Waals surface area contributed by atoms with E-state index < -0.39 is 23.8 Å². The van der Waals surface area contributed by atoms with E-state index in [1.54, 1.807) is 37.4 Å². The SMILES string of the molecule is CSCCC(NC(=O)OC(C)(C)C)C(=O)N(C1CCC1)C(C(=O)Nc1ccc2ccccc2c1)c1ccc(C)c(C)c1. The third kappa shape index (κ3) is 7.85. The maximum Gasteiger partial charge on any atom is 0.408 e. The van der Waals surface area contributed by atoms with Gasteiger partial charge in [0.05, 0.1) is 0 Å². The van der Waals surface area contributed by atoms with Crippen molar-refractivity contribution in [2.24, 2.45) is 0 Å². The van der Waals surface area contributed by atoms with E-state index in [9.17, 15) is 14.4 Å². The molecule has 3 aromatic rings. The van der Waals surface area contributed by atoms with Crippen LogP contribution in [0.5, 0.6) is 0 Å². The van der Waals surface area contributed by atoms with Crippen LogP contribution in [0.2, 0.25) is 0 Å². The molecule has 0 heterocycles. The minimum Gasteiger partial charge on any atom is -0.444 e. The van der Waals surface area contributed by atoms with Gasteiger partial charge in [0.1, 0.15) is 17.7 Å². The molecule has 8 heteroatoms. The molecular weight excluding hydrogens is 546 g/mol. The van der Waals surface area contributed by atoms with Crippen LogP contribution in [0.4, 0.5) is 10.5 Å². The molecule has 1 fully saturated rings. The van der Waals surface area contributed by atoms with Crippen LogP contribution in [0, 0.1) is 13.8 Å². The summed E-state index contributed by atoms with van der Waals surface area (Å²) in [6.07, 6.45) is 4.34. The number of rotatable bonds is 10. The maximum absolute atomic E-state index is 14.4. The number of aryl methyl sites for hydroxylation is 2. The summed E-state index contributed by atoms with van der Waals surface area (Å²) >= 11 is 1.60. The zero-order chi connectivity index (χ0) is 30.4. The van der Waals surface area contributed by atoms with Crippen LogP contribution in [0.3, 0.4) is 0 Å². The fourth-order valence-corrected chi connectivity index (χ4v) is 5.63. The van der Waals surface area contributed by atoms with Gasteiger partial charge in [-0.25, -0.2) is 4.79 Å². The Balaban J connectivity index is 1.72. The number of amides is 3. The minimum atomic E-state index is -0.870. The highest BCUT2D eigenvalue weighted by atomic mass is 32.2. The van der Waals surface area contributed by atoms with E-state index in [1.165, 1.54) is 0 Å². The van der Waals surface area contributed by atoms with E-state index >= 15 is 0 Å². The average molecular weight is 590 g/mol. The molecule has 2 atom stereocenters. The highest BCUT2D eigenvalue weighted by molar-refractivity contribution is 7.98. The van der Waals surface area contributed by atoms with E-state index in [0.29, 0.717) is 17.9 Å². The fourth-order valence-electron chi connectivity index (χ4n) is 5.16. The number of nitrogens with one attached hydrogen (secondary N) is 2. The summed E-state index contributed by atoms with van der Waals surface area (Å²) in [5, 5.41) is 8.04. The standard InChI is InChI=1S/C34H43N3O4S/c1-22-14-15-26(20-23(22)2)30(31(38)35-27-17-16-24-10-7-8-11-25(24)21-27)37(28-12-9-13-28)32(39)29(18-19-42-6)36-33(40)41-34(3,4)5/h7-8,10-11,14-17,20-21,28-30H,9,12-13,18-19H2,1-6H3,(H,35,38)(H,36,40). The van der Waals surface area contributed by atoms with Crippen molar-refractivity contribution in [3.05, 3.63) is 77.4 Å². The van der Waals surface area contributed by atoms with Crippen LogP contribution in [-0.2, 0) is 14.3 Å². The number of alkyl carbamates (subject to hydrolysis) is 1. The van der Waals surface area contributed by atoms with Gasteiger partial charge in [0.2, 0.25) is 5.91 Å². The van der Waals surface area contributed by atoms with Crippen molar-refractivity contribution in [2.75, 3.05) is 17.3 Å². The Morgan fingerprint density at radius 3 is 2.31 bits per heavy atom. The molecular formula is C34H43N3O4S. The minimum absolute atomic E-state index is 0.108. The monoisotopic (exact) mass is 589 g/mol. The molecule has 42 heavy (non-hydrogen) atoms. The van der Waals surface area contributed by atoms with Crippen molar-refractivity contribution in [3.63, 3.8) is 0 Å². The number of anilines is 1. The smallest absolute Gasteiger partial charge is 0.408 e. The van der Waals surface area contributed by atoms with Gasteiger partial charge < -0.3 is 20.3 Å². The second-order valence-electron chi connectivity index (χ2n) is 12.1. The van der Waals surface area contributed by atoms with Crippen LogP contribution in [0.15, 0.2) is 60.7 Å². The van der Waals surface area contributed by atoms with E-state index in [2.05, 4.69) is 10.6 Å². The van der Waals surface area contributed by atoms with Crippen molar-refractivity contribution < 1.29 is 19.1 Å². The van der Waals surface area contributed by atoms with Crippen molar-refractivity contribution in [1.82, 2.24) is 10.2 Å². The van der Waals surface area contributed by atoms with Gasteiger partial charge in [0.15, 0.2) is 0 Å². The molecule has 224 valence electrons. The Bertz CT molecular complexity index is 1430. The Kier molecular flexibility index (Phi) is 10.2. The van der Waals surface area contributed by atoms with E-state index in [-0.39, 0.29) is 17.9 Å². The zero-order valence-electron chi connectivity index (χ0n) is 25.5. The predicted octanol–water partition coefficient (Wildman–Crippen LogP) is 7.16. The summed E-state index contributed by atoms with van der Waals surface area (Å²) in [4.78, 5) is 43.3. The van der Waals surface area contributed by atoms with Gasteiger partial charge in [-0.15, -0.1) is 0 Å². The largest absolute Gasteiger partial charge is 0.444 e. The molecule has 0 aromatic heterocycles. The first kappa shape index (κ1) is 31.4. The number of benzene rings is 3. The van der Waals surface area contributed by atoms with Gasteiger partial charge in [-0.05, 0) is 112 Å². The number of hydrogen-bond donors (Lipinski definition) is 2. The van der Waals surface area contributed by atoms with E-state index in [1.807, 2.05) is 80.8 Å². The summed E-state index contributed by atoms with van der Waals surface area (Å²) in [6.45, 7) is 9.41. The summed E-state index contributed by atoms with van der Waals surface area (Å²) in [7, 11) is 0. The van der Waals surface area contributed by atoms with Crippen LogP contribution in [0.1, 0.15) is 69.2 Å². The zero-order valence-corrected chi connectivity index (χ0v) is 26.3. The van der Waals surface area contributed by atoms with Crippen molar-refractivity contribution in [1.29, 1.82) is 0 Å². The molecule has 0 bridgehead atoms. The highest BCUT2D eigenvalue weighted by Crippen LogP contribution is 2.35. The Labute approximate surface area is 253 Å². The number of carbonyl (C=O) groups excluding carboxylic acids is 3. The first-order chi connectivity index (χ1) is 20.0. The van der Waals surface area contributed by atoms with Gasteiger partial charge in [-0.2, -0.15) is 11.8 Å². The van der Waals surface area contributed by atoms with Gasteiger partial charge in [-0.3, -0.25) is 9.59 Å². The topological polar surface area (TPSA) is 87.7 Å². The number of thioether (sulfide) groups is 1. The normalized spacial score (nSPS) is 14.9. The average Bonchev–Trinajstić information content (AvgIpc) is 2.90. The molecule has 2 unspecified atom stereocenters. The lowest BCUT2D eigenvalue weighted by molar-refractivity contribution is -0.145. The van der Waals surface area contributed by atoms with E-state index in [0.717, 1.165) is 46.7 Å². The second kappa shape index (κ2) is 13.6. The molecule has 0 radical (unpaired) electrons. The third-order valence-corrected chi connectivity index (χ3v) is 8.36. The van der Waals surface area contributed by atoms with E-state index in [4.69, 9.17) is 4.74 Å².